The molecular weight excluding hydrogens is 240 g/mol. The van der Waals surface area contributed by atoms with Gasteiger partial charge in [0, 0.05) is 39.3 Å². The molecule has 0 aromatic heterocycles. The summed E-state index contributed by atoms with van der Waals surface area (Å²) in [5, 5.41) is 5.50. The van der Waals surface area contributed by atoms with Crippen molar-refractivity contribution in [2.45, 2.75) is 6.54 Å². The van der Waals surface area contributed by atoms with Crippen LogP contribution in [0.3, 0.4) is 0 Å². The Bertz CT molecular complexity index is 390. The van der Waals surface area contributed by atoms with Crippen LogP contribution in [0.4, 0.5) is 13.6 Å². The Hall–Kier alpha value is -1.69. The van der Waals surface area contributed by atoms with Crippen LogP contribution >= 0.6 is 0 Å². The Kier molecular flexibility index (Phi) is 5.51. The van der Waals surface area contributed by atoms with Crippen molar-refractivity contribution in [2.75, 3.05) is 27.2 Å². The van der Waals surface area contributed by atoms with E-state index in [1.165, 1.54) is 23.1 Å². The molecule has 6 heteroatoms. The molecule has 0 saturated heterocycles. The van der Waals surface area contributed by atoms with E-state index in [2.05, 4.69) is 10.6 Å². The van der Waals surface area contributed by atoms with E-state index < -0.39 is 11.6 Å². The molecule has 0 aliphatic rings. The van der Waals surface area contributed by atoms with Crippen molar-refractivity contribution in [3.63, 3.8) is 0 Å². The van der Waals surface area contributed by atoms with E-state index in [4.69, 9.17) is 0 Å². The summed E-state index contributed by atoms with van der Waals surface area (Å²) in [6.07, 6.45) is 0. The molecule has 0 unspecified atom stereocenters. The summed E-state index contributed by atoms with van der Waals surface area (Å²) in [7, 11) is 3.27. The lowest BCUT2D eigenvalue weighted by Gasteiger charge is -2.12. The van der Waals surface area contributed by atoms with Crippen LogP contribution in [0.5, 0.6) is 0 Å². The van der Waals surface area contributed by atoms with E-state index in [0.29, 0.717) is 13.1 Å². The number of hydrogen-bond donors (Lipinski definition) is 2. The van der Waals surface area contributed by atoms with Crippen molar-refractivity contribution in [1.29, 1.82) is 0 Å². The fourth-order valence-electron chi connectivity index (χ4n) is 1.33. The fraction of sp³-hybridized carbons (Fsp3) is 0.417. The highest BCUT2D eigenvalue weighted by molar-refractivity contribution is 5.73. The maximum absolute atomic E-state index is 13.2. The van der Waals surface area contributed by atoms with Gasteiger partial charge in [-0.1, -0.05) is 6.07 Å². The van der Waals surface area contributed by atoms with E-state index in [1.807, 2.05) is 0 Å². The van der Waals surface area contributed by atoms with Crippen LogP contribution in [0.15, 0.2) is 18.2 Å². The van der Waals surface area contributed by atoms with Crippen molar-refractivity contribution in [2.24, 2.45) is 0 Å². The second-order valence-electron chi connectivity index (χ2n) is 4.00. The number of halogens is 2. The summed E-state index contributed by atoms with van der Waals surface area (Å²) >= 11 is 0. The molecular formula is C12H17F2N3O. The Labute approximate surface area is 105 Å². The molecule has 0 atom stereocenters. The number of hydrogen-bond acceptors (Lipinski definition) is 2. The van der Waals surface area contributed by atoms with E-state index in [9.17, 15) is 13.6 Å². The number of urea groups is 1. The third kappa shape index (κ3) is 4.29. The average molecular weight is 257 g/mol. The quantitative estimate of drug-likeness (QED) is 0.781. The van der Waals surface area contributed by atoms with E-state index in [1.54, 1.807) is 14.1 Å². The van der Waals surface area contributed by atoms with E-state index in [-0.39, 0.29) is 18.1 Å². The van der Waals surface area contributed by atoms with Gasteiger partial charge in [0.25, 0.3) is 0 Å². The Morgan fingerprint density at radius 3 is 2.39 bits per heavy atom. The van der Waals surface area contributed by atoms with Crippen LogP contribution in [0.2, 0.25) is 0 Å². The molecule has 2 amide bonds. The smallest absolute Gasteiger partial charge is 0.316 e. The summed E-state index contributed by atoms with van der Waals surface area (Å²) in [4.78, 5) is 12.6. The van der Waals surface area contributed by atoms with E-state index in [0.717, 1.165) is 0 Å². The number of nitrogens with one attached hydrogen (secondary N) is 2. The molecule has 0 spiro atoms. The summed E-state index contributed by atoms with van der Waals surface area (Å²) < 4.78 is 26.5. The molecule has 1 aromatic carbocycles. The van der Waals surface area contributed by atoms with Gasteiger partial charge in [-0.05, 0) is 12.1 Å². The zero-order chi connectivity index (χ0) is 13.5. The first-order chi connectivity index (χ1) is 8.52. The standard InChI is InChI=1S/C12H17F2N3O/c1-17(2)12(18)16-7-6-15-8-9-10(13)4-3-5-11(9)14/h3-5,15H,6-8H2,1-2H3,(H,16,18). The van der Waals surface area contributed by atoms with Crippen LogP contribution in [-0.2, 0) is 6.54 Å². The SMILES string of the molecule is CN(C)C(=O)NCCNCc1c(F)cccc1F. The molecule has 4 nitrogen and oxygen atoms in total. The zero-order valence-electron chi connectivity index (χ0n) is 10.5. The number of benzene rings is 1. The molecule has 1 aromatic rings. The summed E-state index contributed by atoms with van der Waals surface area (Å²) in [5.41, 5.74) is 0.0106. The van der Waals surface area contributed by atoms with Gasteiger partial charge in [-0.25, -0.2) is 13.6 Å². The maximum Gasteiger partial charge on any atom is 0.316 e. The highest BCUT2D eigenvalue weighted by Crippen LogP contribution is 2.10. The van der Waals surface area contributed by atoms with Crippen molar-refractivity contribution < 1.29 is 13.6 Å². The molecule has 1 rings (SSSR count). The van der Waals surface area contributed by atoms with Gasteiger partial charge in [0.05, 0.1) is 0 Å². The van der Waals surface area contributed by atoms with Gasteiger partial charge in [-0.3, -0.25) is 0 Å². The van der Waals surface area contributed by atoms with Gasteiger partial charge in [0.15, 0.2) is 0 Å². The summed E-state index contributed by atoms with van der Waals surface area (Å²) in [5.74, 6) is -1.14. The molecule has 18 heavy (non-hydrogen) atoms. The summed E-state index contributed by atoms with van der Waals surface area (Å²) in [6.45, 7) is 0.927. The van der Waals surface area contributed by atoms with Crippen molar-refractivity contribution in [3.8, 4) is 0 Å². The third-order valence-corrected chi connectivity index (χ3v) is 2.35. The number of amides is 2. The lowest BCUT2D eigenvalue weighted by Crippen LogP contribution is -2.38. The van der Waals surface area contributed by atoms with Gasteiger partial charge >= 0.3 is 6.03 Å². The first-order valence-corrected chi connectivity index (χ1v) is 5.61. The van der Waals surface area contributed by atoms with Crippen LogP contribution in [0.1, 0.15) is 5.56 Å². The molecule has 0 fully saturated rings. The Balaban J connectivity index is 2.28. The number of carbonyl (C=O) groups excluding carboxylic acids is 1. The van der Waals surface area contributed by atoms with Crippen molar-refractivity contribution >= 4 is 6.03 Å². The highest BCUT2D eigenvalue weighted by atomic mass is 19.1. The zero-order valence-corrected chi connectivity index (χ0v) is 10.5. The Morgan fingerprint density at radius 2 is 1.83 bits per heavy atom. The van der Waals surface area contributed by atoms with Crippen LogP contribution < -0.4 is 10.6 Å². The van der Waals surface area contributed by atoms with Crippen molar-refractivity contribution in [1.82, 2.24) is 15.5 Å². The number of rotatable bonds is 5. The third-order valence-electron chi connectivity index (χ3n) is 2.35. The lowest BCUT2D eigenvalue weighted by atomic mass is 10.2. The highest BCUT2D eigenvalue weighted by Gasteiger charge is 2.07. The first kappa shape index (κ1) is 14.4. The summed E-state index contributed by atoms with van der Waals surface area (Å²) in [6, 6.07) is 3.56. The van der Waals surface area contributed by atoms with E-state index >= 15 is 0 Å². The predicted octanol–water partition coefficient (Wildman–Crippen LogP) is 1.33. The minimum absolute atomic E-state index is 0.0106. The first-order valence-electron chi connectivity index (χ1n) is 5.61. The Morgan fingerprint density at radius 1 is 1.22 bits per heavy atom. The minimum Gasteiger partial charge on any atom is -0.337 e. The molecule has 0 aliphatic heterocycles. The van der Waals surface area contributed by atoms with Gasteiger partial charge in [0.2, 0.25) is 0 Å². The molecule has 0 bridgehead atoms. The fourth-order valence-corrected chi connectivity index (χ4v) is 1.33. The van der Waals surface area contributed by atoms with Gasteiger partial charge in [-0.2, -0.15) is 0 Å². The monoisotopic (exact) mass is 257 g/mol. The molecule has 0 radical (unpaired) electrons. The average Bonchev–Trinajstić information content (AvgIpc) is 2.31. The lowest BCUT2D eigenvalue weighted by molar-refractivity contribution is 0.217. The van der Waals surface area contributed by atoms with Gasteiger partial charge in [-0.15, -0.1) is 0 Å². The molecule has 0 aliphatic carbocycles. The molecule has 0 saturated carbocycles. The second kappa shape index (κ2) is 6.90. The predicted molar refractivity (Wildman–Crippen MR) is 65.2 cm³/mol. The second-order valence-corrected chi connectivity index (χ2v) is 4.00. The minimum atomic E-state index is -0.570. The van der Waals surface area contributed by atoms with Gasteiger partial charge < -0.3 is 15.5 Å². The topological polar surface area (TPSA) is 44.4 Å². The molecule has 0 heterocycles. The number of nitrogens with zero attached hydrogens (tertiary/aromatic N) is 1. The van der Waals surface area contributed by atoms with Crippen LogP contribution in [-0.4, -0.2) is 38.1 Å². The van der Waals surface area contributed by atoms with Crippen LogP contribution in [0.25, 0.3) is 0 Å². The maximum atomic E-state index is 13.2. The molecule has 100 valence electrons. The van der Waals surface area contributed by atoms with Crippen molar-refractivity contribution in [3.05, 3.63) is 35.4 Å². The largest absolute Gasteiger partial charge is 0.337 e. The number of carbonyl (C=O) groups is 1. The van der Waals surface area contributed by atoms with Gasteiger partial charge in [0.1, 0.15) is 11.6 Å². The molecule has 2 N–H and O–H groups in total. The normalized spacial score (nSPS) is 10.2. The van der Waals surface area contributed by atoms with Crippen LogP contribution in [0, 0.1) is 11.6 Å².